The molecule has 0 radical (unpaired) electrons. The first-order chi connectivity index (χ1) is 9.81. The smallest absolute Gasteiger partial charge is 0.255 e. The van der Waals surface area contributed by atoms with Crippen molar-refractivity contribution in [3.05, 3.63) is 54.4 Å². The Morgan fingerprint density at radius 1 is 1.30 bits per heavy atom. The fourth-order valence-electron chi connectivity index (χ4n) is 2.53. The molecule has 3 rings (SSSR count). The molecule has 1 atom stereocenters. The van der Waals surface area contributed by atoms with Crippen LogP contribution in [0.2, 0.25) is 0 Å². The first kappa shape index (κ1) is 12.8. The van der Waals surface area contributed by atoms with Gasteiger partial charge < -0.3 is 10.2 Å². The summed E-state index contributed by atoms with van der Waals surface area (Å²) in [6.07, 6.45) is 4.69. The van der Waals surface area contributed by atoms with E-state index >= 15 is 0 Å². The van der Waals surface area contributed by atoms with Crippen LogP contribution in [0.5, 0.6) is 0 Å². The lowest BCUT2D eigenvalue weighted by Crippen LogP contribution is -2.57. The van der Waals surface area contributed by atoms with Gasteiger partial charge in [0.1, 0.15) is 0 Å². The molecule has 2 aromatic rings. The molecule has 0 saturated carbocycles. The van der Waals surface area contributed by atoms with E-state index in [4.69, 9.17) is 0 Å². The first-order valence-corrected chi connectivity index (χ1v) is 6.79. The summed E-state index contributed by atoms with van der Waals surface area (Å²) in [5.41, 5.74) is 2.64. The van der Waals surface area contributed by atoms with Crippen LogP contribution in [0.25, 0.3) is 11.1 Å². The van der Waals surface area contributed by atoms with Crippen molar-refractivity contribution in [3.63, 3.8) is 0 Å². The fourth-order valence-corrected chi connectivity index (χ4v) is 2.53. The highest BCUT2D eigenvalue weighted by atomic mass is 16.2. The molecule has 1 aromatic carbocycles. The minimum Gasteiger partial charge on any atom is -0.323 e. The number of nitrogens with zero attached hydrogens (tertiary/aromatic N) is 2. The van der Waals surface area contributed by atoms with Crippen LogP contribution in [-0.4, -0.2) is 35.5 Å². The number of likely N-dealkylation sites (tertiary alicyclic amines) is 1. The van der Waals surface area contributed by atoms with Gasteiger partial charge in [0, 0.05) is 30.1 Å². The Hall–Kier alpha value is -2.20. The Balaban J connectivity index is 1.96. The van der Waals surface area contributed by atoms with Crippen LogP contribution < -0.4 is 5.32 Å². The molecular weight excluding hydrogens is 250 g/mol. The summed E-state index contributed by atoms with van der Waals surface area (Å²) in [6.45, 7) is 0.811. The standard InChI is InChI=1S/C16H17N3O/c1-17-15-8-10-19(15)16(20)14-7-3-2-6-13(14)12-5-4-9-18-11-12/h2-7,9,11,15,17H,8,10H2,1H3. The number of amides is 1. The van der Waals surface area contributed by atoms with Crippen molar-refractivity contribution < 1.29 is 4.79 Å². The summed E-state index contributed by atoms with van der Waals surface area (Å²) in [5, 5.41) is 3.15. The maximum absolute atomic E-state index is 12.7. The summed E-state index contributed by atoms with van der Waals surface area (Å²) in [5.74, 6) is 0.0788. The zero-order valence-electron chi connectivity index (χ0n) is 11.4. The summed E-state index contributed by atoms with van der Waals surface area (Å²) in [7, 11) is 1.89. The van der Waals surface area contributed by atoms with Gasteiger partial charge in [-0.05, 0) is 31.2 Å². The molecule has 1 saturated heterocycles. The number of carbonyl (C=O) groups is 1. The normalized spacial score (nSPS) is 17.6. The van der Waals surface area contributed by atoms with Gasteiger partial charge in [0.15, 0.2) is 0 Å². The van der Waals surface area contributed by atoms with Crippen molar-refractivity contribution in [3.8, 4) is 11.1 Å². The Morgan fingerprint density at radius 3 is 2.80 bits per heavy atom. The summed E-state index contributed by atoms with van der Waals surface area (Å²) < 4.78 is 0. The number of carbonyl (C=O) groups excluding carboxylic acids is 1. The van der Waals surface area contributed by atoms with Crippen molar-refractivity contribution in [1.29, 1.82) is 0 Å². The summed E-state index contributed by atoms with van der Waals surface area (Å²) in [6, 6.07) is 11.6. The monoisotopic (exact) mass is 267 g/mol. The second-order valence-corrected chi connectivity index (χ2v) is 4.88. The van der Waals surface area contributed by atoms with E-state index in [9.17, 15) is 4.79 Å². The maximum Gasteiger partial charge on any atom is 0.255 e. The molecule has 4 nitrogen and oxygen atoms in total. The van der Waals surface area contributed by atoms with Crippen molar-refractivity contribution in [1.82, 2.24) is 15.2 Å². The minimum absolute atomic E-state index is 0.0788. The topological polar surface area (TPSA) is 45.2 Å². The molecular formula is C16H17N3O. The molecule has 20 heavy (non-hydrogen) atoms. The largest absolute Gasteiger partial charge is 0.323 e. The highest BCUT2D eigenvalue weighted by molar-refractivity contribution is 6.01. The number of pyridine rings is 1. The SMILES string of the molecule is CNC1CCN1C(=O)c1ccccc1-c1cccnc1. The molecule has 1 fully saturated rings. The molecule has 0 spiro atoms. The average molecular weight is 267 g/mol. The molecule has 1 N–H and O–H groups in total. The lowest BCUT2D eigenvalue weighted by atomic mass is 9.98. The molecule has 2 heterocycles. The number of rotatable bonds is 3. The van der Waals surface area contributed by atoms with Gasteiger partial charge in [0.25, 0.3) is 5.91 Å². The molecule has 1 aliphatic rings. The first-order valence-electron chi connectivity index (χ1n) is 6.79. The lowest BCUT2D eigenvalue weighted by Gasteiger charge is -2.41. The third kappa shape index (κ3) is 2.18. The van der Waals surface area contributed by atoms with Gasteiger partial charge in [0.05, 0.1) is 6.17 Å². The van der Waals surface area contributed by atoms with Crippen molar-refractivity contribution >= 4 is 5.91 Å². The van der Waals surface area contributed by atoms with Crippen LogP contribution >= 0.6 is 0 Å². The molecule has 1 aromatic heterocycles. The maximum atomic E-state index is 12.7. The van der Waals surface area contributed by atoms with E-state index in [1.807, 2.05) is 48.3 Å². The van der Waals surface area contributed by atoms with Gasteiger partial charge in [-0.3, -0.25) is 9.78 Å². The van der Waals surface area contributed by atoms with E-state index in [0.717, 1.165) is 29.7 Å². The Labute approximate surface area is 118 Å². The molecule has 1 aliphatic heterocycles. The number of nitrogens with one attached hydrogen (secondary N) is 1. The van der Waals surface area contributed by atoms with Gasteiger partial charge in [-0.2, -0.15) is 0 Å². The van der Waals surface area contributed by atoms with Crippen molar-refractivity contribution in [2.45, 2.75) is 12.6 Å². The lowest BCUT2D eigenvalue weighted by molar-refractivity contribution is 0.0401. The van der Waals surface area contributed by atoms with Crippen LogP contribution in [-0.2, 0) is 0 Å². The van der Waals surface area contributed by atoms with E-state index in [-0.39, 0.29) is 12.1 Å². The number of hydrogen-bond acceptors (Lipinski definition) is 3. The molecule has 1 amide bonds. The van der Waals surface area contributed by atoms with E-state index in [1.54, 1.807) is 12.4 Å². The van der Waals surface area contributed by atoms with Gasteiger partial charge in [-0.15, -0.1) is 0 Å². The second kappa shape index (κ2) is 5.43. The Kier molecular flexibility index (Phi) is 3.48. The molecule has 102 valence electrons. The van der Waals surface area contributed by atoms with Gasteiger partial charge in [0.2, 0.25) is 0 Å². The predicted molar refractivity (Wildman–Crippen MR) is 78.2 cm³/mol. The van der Waals surface area contributed by atoms with Gasteiger partial charge in [-0.25, -0.2) is 0 Å². The van der Waals surface area contributed by atoms with Gasteiger partial charge >= 0.3 is 0 Å². The predicted octanol–water partition coefficient (Wildman–Crippen LogP) is 2.14. The molecule has 0 bridgehead atoms. The number of benzene rings is 1. The zero-order chi connectivity index (χ0) is 13.9. The van der Waals surface area contributed by atoms with E-state index in [1.165, 1.54) is 0 Å². The summed E-state index contributed by atoms with van der Waals surface area (Å²) >= 11 is 0. The number of hydrogen-bond donors (Lipinski definition) is 1. The van der Waals surface area contributed by atoms with E-state index in [2.05, 4.69) is 10.3 Å². The molecule has 4 heteroatoms. The molecule has 1 unspecified atom stereocenters. The average Bonchev–Trinajstić information content (AvgIpc) is 2.47. The summed E-state index contributed by atoms with van der Waals surface area (Å²) in [4.78, 5) is 18.7. The van der Waals surface area contributed by atoms with Crippen LogP contribution in [0.3, 0.4) is 0 Å². The Morgan fingerprint density at radius 2 is 2.15 bits per heavy atom. The fraction of sp³-hybridized carbons (Fsp3) is 0.250. The van der Waals surface area contributed by atoms with Crippen molar-refractivity contribution in [2.24, 2.45) is 0 Å². The van der Waals surface area contributed by atoms with Crippen LogP contribution in [0, 0.1) is 0 Å². The third-order valence-corrected chi connectivity index (χ3v) is 3.74. The highest BCUT2D eigenvalue weighted by Gasteiger charge is 2.32. The zero-order valence-corrected chi connectivity index (χ0v) is 11.4. The van der Waals surface area contributed by atoms with Gasteiger partial charge in [-0.1, -0.05) is 24.3 Å². The quantitative estimate of drug-likeness (QED) is 0.926. The highest BCUT2D eigenvalue weighted by Crippen LogP contribution is 2.26. The van der Waals surface area contributed by atoms with Crippen LogP contribution in [0.4, 0.5) is 0 Å². The van der Waals surface area contributed by atoms with Crippen LogP contribution in [0.1, 0.15) is 16.8 Å². The third-order valence-electron chi connectivity index (χ3n) is 3.74. The van der Waals surface area contributed by atoms with E-state index < -0.39 is 0 Å². The van der Waals surface area contributed by atoms with E-state index in [0.29, 0.717) is 0 Å². The van der Waals surface area contributed by atoms with Crippen LogP contribution in [0.15, 0.2) is 48.8 Å². The number of aromatic nitrogens is 1. The van der Waals surface area contributed by atoms with Crippen molar-refractivity contribution in [2.75, 3.05) is 13.6 Å². The Bertz CT molecular complexity index is 610. The molecule has 0 aliphatic carbocycles. The second-order valence-electron chi connectivity index (χ2n) is 4.88. The minimum atomic E-state index is 0.0788.